The molecular formula is C12H10FN3O2. The Labute approximate surface area is 102 Å². The van der Waals surface area contributed by atoms with Gasteiger partial charge in [-0.25, -0.2) is 4.39 Å². The van der Waals surface area contributed by atoms with Gasteiger partial charge in [0.2, 0.25) is 0 Å². The van der Waals surface area contributed by atoms with Crippen molar-refractivity contribution in [3.05, 3.63) is 36.0 Å². The predicted octanol–water partition coefficient (Wildman–Crippen LogP) is 1.77. The maximum absolute atomic E-state index is 13.5. The molecule has 1 fully saturated rings. The van der Waals surface area contributed by atoms with Crippen LogP contribution in [-0.2, 0) is 0 Å². The Bertz CT molecular complexity index is 593. The molecule has 0 spiro atoms. The Kier molecular flexibility index (Phi) is 2.55. The van der Waals surface area contributed by atoms with Crippen LogP contribution in [0.5, 0.6) is 0 Å². The molecule has 0 radical (unpaired) electrons. The molecule has 1 heterocycles. The molecule has 1 saturated carbocycles. The Morgan fingerprint density at radius 2 is 2.11 bits per heavy atom. The van der Waals surface area contributed by atoms with E-state index in [1.54, 1.807) is 12.1 Å². The fourth-order valence-corrected chi connectivity index (χ4v) is 1.53. The number of rotatable bonds is 3. The molecule has 0 unspecified atom stereocenters. The van der Waals surface area contributed by atoms with Crippen molar-refractivity contribution in [1.82, 2.24) is 15.5 Å². The summed E-state index contributed by atoms with van der Waals surface area (Å²) in [6.07, 6.45) is 1.94. The molecule has 2 aromatic rings. The summed E-state index contributed by atoms with van der Waals surface area (Å²) in [6, 6.07) is 6.25. The van der Waals surface area contributed by atoms with E-state index in [2.05, 4.69) is 15.5 Å². The lowest BCUT2D eigenvalue weighted by Crippen LogP contribution is -2.25. The van der Waals surface area contributed by atoms with Gasteiger partial charge in [-0.15, -0.1) is 10.2 Å². The number of carbonyl (C=O) groups is 1. The average Bonchev–Trinajstić information content (AvgIpc) is 3.04. The standard InChI is InChI=1S/C12H10FN3O2/c13-9-4-2-1-3-8(9)11-15-16-12(18-11)10(17)14-7-5-6-7/h1-4,7H,5-6H2,(H,14,17). The van der Waals surface area contributed by atoms with Crippen molar-refractivity contribution in [3.63, 3.8) is 0 Å². The third-order valence-corrected chi connectivity index (χ3v) is 2.64. The molecule has 5 nitrogen and oxygen atoms in total. The van der Waals surface area contributed by atoms with Crippen LogP contribution < -0.4 is 5.32 Å². The Morgan fingerprint density at radius 1 is 1.33 bits per heavy atom. The molecule has 3 rings (SSSR count). The maximum atomic E-state index is 13.5. The van der Waals surface area contributed by atoms with Gasteiger partial charge in [-0.05, 0) is 25.0 Å². The Morgan fingerprint density at radius 3 is 2.83 bits per heavy atom. The van der Waals surface area contributed by atoms with Crippen molar-refractivity contribution in [1.29, 1.82) is 0 Å². The Balaban J connectivity index is 1.84. The zero-order valence-corrected chi connectivity index (χ0v) is 9.39. The van der Waals surface area contributed by atoms with Crippen molar-refractivity contribution in [2.75, 3.05) is 0 Å². The van der Waals surface area contributed by atoms with Crippen LogP contribution in [0.1, 0.15) is 23.5 Å². The summed E-state index contributed by atoms with van der Waals surface area (Å²) >= 11 is 0. The van der Waals surface area contributed by atoms with Gasteiger partial charge in [0.05, 0.1) is 5.56 Å². The van der Waals surface area contributed by atoms with Crippen LogP contribution in [0, 0.1) is 5.82 Å². The topological polar surface area (TPSA) is 68.0 Å². The van der Waals surface area contributed by atoms with Crippen LogP contribution in [0.25, 0.3) is 11.5 Å². The van der Waals surface area contributed by atoms with Crippen molar-refractivity contribution >= 4 is 5.91 Å². The van der Waals surface area contributed by atoms with Crippen LogP contribution in [0.3, 0.4) is 0 Å². The number of nitrogens with zero attached hydrogens (tertiary/aromatic N) is 2. The summed E-state index contributed by atoms with van der Waals surface area (Å²) in [4.78, 5) is 11.6. The highest BCUT2D eigenvalue weighted by Gasteiger charge is 2.26. The van der Waals surface area contributed by atoms with Crippen LogP contribution in [-0.4, -0.2) is 22.1 Å². The largest absolute Gasteiger partial charge is 0.412 e. The molecule has 18 heavy (non-hydrogen) atoms. The number of amides is 1. The summed E-state index contributed by atoms with van der Waals surface area (Å²) in [5.41, 5.74) is 0.190. The van der Waals surface area contributed by atoms with Gasteiger partial charge in [0.25, 0.3) is 5.89 Å². The highest BCUT2D eigenvalue weighted by atomic mass is 19.1. The Hall–Kier alpha value is -2.24. The highest BCUT2D eigenvalue weighted by molar-refractivity contribution is 5.90. The lowest BCUT2D eigenvalue weighted by molar-refractivity contribution is 0.0917. The smallest absolute Gasteiger partial charge is 0.309 e. The van der Waals surface area contributed by atoms with Crippen molar-refractivity contribution in [2.45, 2.75) is 18.9 Å². The zero-order chi connectivity index (χ0) is 12.5. The third kappa shape index (κ3) is 2.09. The second-order valence-electron chi connectivity index (χ2n) is 4.14. The van der Waals surface area contributed by atoms with E-state index in [0.717, 1.165) is 12.8 Å². The van der Waals surface area contributed by atoms with E-state index >= 15 is 0 Å². The molecule has 0 saturated heterocycles. The van der Waals surface area contributed by atoms with Crippen LogP contribution in [0.2, 0.25) is 0 Å². The van der Waals surface area contributed by atoms with Crippen LogP contribution in [0.4, 0.5) is 4.39 Å². The van der Waals surface area contributed by atoms with E-state index in [1.165, 1.54) is 12.1 Å². The monoisotopic (exact) mass is 247 g/mol. The molecule has 92 valence electrons. The SMILES string of the molecule is O=C(NC1CC1)c1nnc(-c2ccccc2F)o1. The number of carbonyl (C=O) groups excluding carboxylic acids is 1. The van der Waals surface area contributed by atoms with Gasteiger partial charge >= 0.3 is 11.8 Å². The van der Waals surface area contributed by atoms with E-state index in [-0.39, 0.29) is 23.4 Å². The first kappa shape index (κ1) is 10.9. The molecule has 1 aliphatic rings. The van der Waals surface area contributed by atoms with E-state index in [0.29, 0.717) is 0 Å². The number of hydrogen-bond donors (Lipinski definition) is 1. The quantitative estimate of drug-likeness (QED) is 0.897. The summed E-state index contributed by atoms with van der Waals surface area (Å²) in [5, 5.41) is 10.0. The number of hydrogen-bond acceptors (Lipinski definition) is 4. The number of benzene rings is 1. The van der Waals surface area contributed by atoms with Crippen molar-refractivity contribution in [3.8, 4) is 11.5 Å². The summed E-state index contributed by atoms with van der Waals surface area (Å²) in [7, 11) is 0. The first-order chi connectivity index (χ1) is 8.74. The van der Waals surface area contributed by atoms with Crippen molar-refractivity contribution in [2.24, 2.45) is 0 Å². The van der Waals surface area contributed by atoms with Gasteiger partial charge in [-0.2, -0.15) is 0 Å². The molecule has 0 atom stereocenters. The van der Waals surface area contributed by atoms with E-state index in [1.807, 2.05) is 0 Å². The van der Waals surface area contributed by atoms with Gasteiger partial charge < -0.3 is 9.73 Å². The molecule has 1 aromatic carbocycles. The number of nitrogens with one attached hydrogen (secondary N) is 1. The number of aromatic nitrogens is 2. The molecule has 1 aromatic heterocycles. The van der Waals surface area contributed by atoms with Crippen LogP contribution >= 0.6 is 0 Å². The van der Waals surface area contributed by atoms with Gasteiger partial charge in [0, 0.05) is 6.04 Å². The lowest BCUT2D eigenvalue weighted by Gasteiger charge is -1.97. The number of halogens is 1. The van der Waals surface area contributed by atoms with E-state index < -0.39 is 11.7 Å². The second-order valence-corrected chi connectivity index (χ2v) is 4.14. The first-order valence-corrected chi connectivity index (χ1v) is 5.63. The van der Waals surface area contributed by atoms with Gasteiger partial charge in [0.1, 0.15) is 5.82 Å². The van der Waals surface area contributed by atoms with Crippen molar-refractivity contribution < 1.29 is 13.6 Å². The molecule has 0 bridgehead atoms. The molecular weight excluding hydrogens is 237 g/mol. The second kappa shape index (κ2) is 4.21. The lowest BCUT2D eigenvalue weighted by atomic mass is 10.2. The normalized spacial score (nSPS) is 14.5. The highest BCUT2D eigenvalue weighted by Crippen LogP contribution is 2.22. The van der Waals surface area contributed by atoms with E-state index in [4.69, 9.17) is 4.42 Å². The summed E-state index contributed by atoms with van der Waals surface area (Å²) in [5.74, 6) is -1.00. The minimum Gasteiger partial charge on any atom is -0.412 e. The van der Waals surface area contributed by atoms with E-state index in [9.17, 15) is 9.18 Å². The minimum absolute atomic E-state index is 0.00838. The minimum atomic E-state index is -0.463. The van der Waals surface area contributed by atoms with Gasteiger partial charge in [0.15, 0.2) is 0 Å². The summed E-state index contributed by atoms with van der Waals surface area (Å²) < 4.78 is 18.6. The fourth-order valence-electron chi connectivity index (χ4n) is 1.53. The predicted molar refractivity (Wildman–Crippen MR) is 60.2 cm³/mol. The van der Waals surface area contributed by atoms with Gasteiger partial charge in [-0.1, -0.05) is 12.1 Å². The average molecular weight is 247 g/mol. The first-order valence-electron chi connectivity index (χ1n) is 5.63. The third-order valence-electron chi connectivity index (χ3n) is 2.64. The maximum Gasteiger partial charge on any atom is 0.309 e. The molecule has 1 N–H and O–H groups in total. The molecule has 1 aliphatic carbocycles. The zero-order valence-electron chi connectivity index (χ0n) is 9.39. The molecule has 0 aliphatic heterocycles. The molecule has 1 amide bonds. The fraction of sp³-hybridized carbons (Fsp3) is 0.250. The molecule has 6 heteroatoms. The van der Waals surface area contributed by atoms with Crippen LogP contribution in [0.15, 0.2) is 28.7 Å². The van der Waals surface area contributed by atoms with Gasteiger partial charge in [-0.3, -0.25) is 4.79 Å². The summed E-state index contributed by atoms with van der Waals surface area (Å²) in [6.45, 7) is 0.